The summed E-state index contributed by atoms with van der Waals surface area (Å²) in [6.07, 6.45) is 0.396. The highest BCUT2D eigenvalue weighted by atomic mass is 32.2. The highest BCUT2D eigenvalue weighted by Crippen LogP contribution is 2.21. The minimum absolute atomic E-state index is 0.0207. The summed E-state index contributed by atoms with van der Waals surface area (Å²) in [5, 5.41) is 8.67. The summed E-state index contributed by atoms with van der Waals surface area (Å²) in [6, 6.07) is 11.8. The minimum atomic E-state index is -3.67. The van der Waals surface area contributed by atoms with Gasteiger partial charge in [-0.25, -0.2) is 8.42 Å². The molecule has 0 saturated heterocycles. The number of carboxylic acids is 1. The molecule has 5 nitrogen and oxygen atoms in total. The Morgan fingerprint density at radius 1 is 1.09 bits per heavy atom. The quantitative estimate of drug-likeness (QED) is 0.851. The second-order valence-electron chi connectivity index (χ2n) is 5.46. The number of rotatable bonds is 6. The van der Waals surface area contributed by atoms with Gasteiger partial charge in [-0.3, -0.25) is 9.52 Å². The zero-order valence-electron chi connectivity index (χ0n) is 13.0. The number of carbonyl (C=O) groups is 1. The van der Waals surface area contributed by atoms with Gasteiger partial charge in [0.05, 0.1) is 10.6 Å². The number of hydrogen-bond donors (Lipinski definition) is 2. The van der Waals surface area contributed by atoms with Gasteiger partial charge in [0.25, 0.3) is 10.0 Å². The van der Waals surface area contributed by atoms with Crippen molar-refractivity contribution in [2.45, 2.75) is 31.6 Å². The average Bonchev–Trinajstić information content (AvgIpc) is 2.49. The van der Waals surface area contributed by atoms with Crippen LogP contribution < -0.4 is 4.72 Å². The molecule has 0 heterocycles. The summed E-state index contributed by atoms with van der Waals surface area (Å²) < 4.78 is 27.5. The second kappa shape index (κ2) is 6.83. The number of benzene rings is 2. The molecule has 2 aromatic rings. The Morgan fingerprint density at radius 3 is 2.35 bits per heavy atom. The van der Waals surface area contributed by atoms with Crippen LogP contribution in [0, 0.1) is 13.8 Å². The largest absolute Gasteiger partial charge is 0.481 e. The first-order valence-electron chi connectivity index (χ1n) is 7.19. The van der Waals surface area contributed by atoms with E-state index in [1.54, 1.807) is 18.2 Å². The van der Waals surface area contributed by atoms with Crippen molar-refractivity contribution in [1.29, 1.82) is 0 Å². The SMILES string of the molecule is Cc1ccc(C)c(NS(=O)(=O)c2ccc(CCC(=O)O)cc2)c1. The molecule has 122 valence electrons. The molecule has 0 bridgehead atoms. The van der Waals surface area contributed by atoms with Gasteiger partial charge in [-0.1, -0.05) is 24.3 Å². The van der Waals surface area contributed by atoms with Crippen LogP contribution in [-0.4, -0.2) is 19.5 Å². The van der Waals surface area contributed by atoms with E-state index < -0.39 is 16.0 Å². The van der Waals surface area contributed by atoms with Crippen molar-refractivity contribution >= 4 is 21.7 Å². The number of anilines is 1. The molecule has 0 saturated carbocycles. The van der Waals surface area contributed by atoms with E-state index in [0.29, 0.717) is 12.1 Å². The lowest BCUT2D eigenvalue weighted by atomic mass is 10.1. The Balaban J connectivity index is 2.19. The third kappa shape index (κ3) is 4.56. The van der Waals surface area contributed by atoms with Gasteiger partial charge in [0.2, 0.25) is 0 Å². The van der Waals surface area contributed by atoms with Gasteiger partial charge >= 0.3 is 5.97 Å². The van der Waals surface area contributed by atoms with E-state index in [4.69, 9.17) is 5.11 Å². The van der Waals surface area contributed by atoms with Crippen molar-refractivity contribution in [2.75, 3.05) is 4.72 Å². The summed E-state index contributed by atoms with van der Waals surface area (Å²) in [5.41, 5.74) is 3.16. The molecule has 0 aromatic heterocycles. The summed E-state index contributed by atoms with van der Waals surface area (Å²) in [7, 11) is -3.67. The molecule has 0 spiro atoms. The van der Waals surface area contributed by atoms with Crippen LogP contribution in [0.3, 0.4) is 0 Å². The van der Waals surface area contributed by atoms with Gasteiger partial charge in [0, 0.05) is 6.42 Å². The first-order chi connectivity index (χ1) is 10.8. The minimum Gasteiger partial charge on any atom is -0.481 e. The molecule has 0 radical (unpaired) electrons. The molecule has 0 aliphatic rings. The van der Waals surface area contributed by atoms with Gasteiger partial charge in [0.1, 0.15) is 0 Å². The van der Waals surface area contributed by atoms with Crippen molar-refractivity contribution in [1.82, 2.24) is 0 Å². The van der Waals surface area contributed by atoms with Gasteiger partial charge in [-0.2, -0.15) is 0 Å². The number of hydrogen-bond acceptors (Lipinski definition) is 3. The topological polar surface area (TPSA) is 83.5 Å². The molecule has 6 heteroatoms. The summed E-state index contributed by atoms with van der Waals surface area (Å²) >= 11 is 0. The van der Waals surface area contributed by atoms with E-state index >= 15 is 0 Å². The molecule has 0 atom stereocenters. The zero-order chi connectivity index (χ0) is 17.0. The third-order valence-electron chi connectivity index (χ3n) is 3.50. The van der Waals surface area contributed by atoms with Crippen LogP contribution in [0.15, 0.2) is 47.4 Å². The number of nitrogens with one attached hydrogen (secondary N) is 1. The molecule has 0 aliphatic heterocycles. The van der Waals surface area contributed by atoms with Gasteiger partial charge in [0.15, 0.2) is 0 Å². The van der Waals surface area contributed by atoms with Crippen LogP contribution in [-0.2, 0) is 21.2 Å². The maximum atomic E-state index is 12.4. The maximum Gasteiger partial charge on any atom is 0.303 e. The number of sulfonamides is 1. The third-order valence-corrected chi connectivity index (χ3v) is 4.88. The van der Waals surface area contributed by atoms with Crippen LogP contribution >= 0.6 is 0 Å². The molecule has 0 unspecified atom stereocenters. The molecule has 0 fully saturated rings. The van der Waals surface area contributed by atoms with Crippen molar-refractivity contribution < 1.29 is 18.3 Å². The van der Waals surface area contributed by atoms with Gasteiger partial charge < -0.3 is 5.11 Å². The smallest absolute Gasteiger partial charge is 0.303 e. The summed E-state index contributed by atoms with van der Waals surface area (Å²) in [5.74, 6) is -0.877. The molecule has 0 aliphatic carbocycles. The fourth-order valence-electron chi connectivity index (χ4n) is 2.14. The van der Waals surface area contributed by atoms with E-state index in [1.807, 2.05) is 26.0 Å². The lowest BCUT2D eigenvalue weighted by molar-refractivity contribution is -0.136. The first kappa shape index (κ1) is 17.0. The monoisotopic (exact) mass is 333 g/mol. The normalized spacial score (nSPS) is 11.2. The maximum absolute atomic E-state index is 12.4. The Hall–Kier alpha value is -2.34. The molecule has 2 aromatic carbocycles. The highest BCUT2D eigenvalue weighted by molar-refractivity contribution is 7.92. The van der Waals surface area contributed by atoms with Gasteiger partial charge in [-0.05, 0) is 55.2 Å². The van der Waals surface area contributed by atoms with Crippen LogP contribution in [0.5, 0.6) is 0 Å². The van der Waals surface area contributed by atoms with Crippen molar-refractivity contribution in [3.05, 3.63) is 59.2 Å². The summed E-state index contributed by atoms with van der Waals surface area (Å²) in [6.45, 7) is 3.74. The molecular formula is C17H19NO4S. The predicted molar refractivity (Wildman–Crippen MR) is 89.1 cm³/mol. The Kier molecular flexibility index (Phi) is 5.05. The van der Waals surface area contributed by atoms with E-state index in [2.05, 4.69) is 4.72 Å². The van der Waals surface area contributed by atoms with Crippen molar-refractivity contribution in [3.63, 3.8) is 0 Å². The second-order valence-corrected chi connectivity index (χ2v) is 7.14. The molecule has 2 N–H and O–H groups in total. The van der Waals surface area contributed by atoms with E-state index in [0.717, 1.165) is 16.7 Å². The van der Waals surface area contributed by atoms with Crippen LogP contribution in [0.4, 0.5) is 5.69 Å². The molecule has 0 amide bonds. The van der Waals surface area contributed by atoms with E-state index in [1.165, 1.54) is 12.1 Å². The van der Waals surface area contributed by atoms with E-state index in [-0.39, 0.29) is 11.3 Å². The van der Waals surface area contributed by atoms with Gasteiger partial charge in [-0.15, -0.1) is 0 Å². The molecule has 23 heavy (non-hydrogen) atoms. The average molecular weight is 333 g/mol. The lowest BCUT2D eigenvalue weighted by Gasteiger charge is -2.11. The number of aryl methyl sites for hydroxylation is 3. The Morgan fingerprint density at radius 2 is 1.74 bits per heavy atom. The Bertz CT molecular complexity index is 811. The molecule has 2 rings (SSSR count). The zero-order valence-corrected chi connectivity index (χ0v) is 13.9. The van der Waals surface area contributed by atoms with E-state index in [9.17, 15) is 13.2 Å². The van der Waals surface area contributed by atoms with Crippen LogP contribution in [0.25, 0.3) is 0 Å². The first-order valence-corrected chi connectivity index (χ1v) is 8.67. The highest BCUT2D eigenvalue weighted by Gasteiger charge is 2.15. The van der Waals surface area contributed by atoms with Crippen molar-refractivity contribution in [2.24, 2.45) is 0 Å². The molecular weight excluding hydrogens is 314 g/mol. The van der Waals surface area contributed by atoms with Crippen LogP contribution in [0.1, 0.15) is 23.1 Å². The number of aliphatic carboxylic acids is 1. The fraction of sp³-hybridized carbons (Fsp3) is 0.235. The van der Waals surface area contributed by atoms with Crippen LogP contribution in [0.2, 0.25) is 0 Å². The predicted octanol–water partition coefficient (Wildman–Crippen LogP) is 3.12. The Labute approximate surface area is 136 Å². The number of carboxylic acid groups (broad SMARTS) is 1. The lowest BCUT2D eigenvalue weighted by Crippen LogP contribution is -2.14. The van der Waals surface area contributed by atoms with Crippen molar-refractivity contribution in [3.8, 4) is 0 Å². The summed E-state index contributed by atoms with van der Waals surface area (Å²) in [4.78, 5) is 10.7. The standard InChI is InChI=1S/C17H19NO4S/c1-12-3-4-13(2)16(11-12)18-23(21,22)15-8-5-14(6-9-15)7-10-17(19)20/h3-6,8-9,11,18H,7,10H2,1-2H3,(H,19,20). The fourth-order valence-corrected chi connectivity index (χ4v) is 3.26.